The Kier molecular flexibility index (Phi) is 3.20. The molecule has 2 N–H and O–H groups in total. The van der Waals surface area contributed by atoms with Gasteiger partial charge in [-0.25, -0.2) is 9.48 Å². The van der Waals surface area contributed by atoms with Crippen LogP contribution in [0.3, 0.4) is 0 Å². The van der Waals surface area contributed by atoms with Gasteiger partial charge in [0, 0.05) is 19.5 Å². The van der Waals surface area contributed by atoms with E-state index in [-0.39, 0.29) is 5.69 Å². The van der Waals surface area contributed by atoms with Crippen molar-refractivity contribution in [3.63, 3.8) is 0 Å². The lowest BCUT2D eigenvalue weighted by atomic mass is 10.2. The van der Waals surface area contributed by atoms with E-state index in [2.05, 4.69) is 5.10 Å². The van der Waals surface area contributed by atoms with Crippen LogP contribution >= 0.6 is 0 Å². The molecule has 1 aliphatic heterocycles. The summed E-state index contributed by atoms with van der Waals surface area (Å²) in [4.78, 5) is 11.9. The Balaban J connectivity index is 2.24. The Morgan fingerprint density at radius 1 is 1.33 bits per heavy atom. The Morgan fingerprint density at radius 3 is 3.00 bits per heavy atom. The number of nitrogens with zero attached hydrogens (tertiary/aromatic N) is 3. The first-order chi connectivity index (χ1) is 7.33. The van der Waals surface area contributed by atoms with Crippen molar-refractivity contribution in [2.24, 2.45) is 5.73 Å². The van der Waals surface area contributed by atoms with Crippen LogP contribution in [0.25, 0.3) is 0 Å². The predicted octanol–water partition coefficient (Wildman–Crippen LogP) is 0.120. The van der Waals surface area contributed by atoms with Gasteiger partial charge in [-0.3, -0.25) is 4.57 Å². The second-order valence-corrected chi connectivity index (χ2v) is 4.03. The van der Waals surface area contributed by atoms with Gasteiger partial charge < -0.3 is 5.73 Å². The van der Waals surface area contributed by atoms with Crippen LogP contribution in [0.4, 0.5) is 0 Å². The van der Waals surface area contributed by atoms with Crippen molar-refractivity contribution in [1.82, 2.24) is 14.3 Å². The van der Waals surface area contributed by atoms with Crippen LogP contribution in [-0.4, -0.2) is 20.9 Å². The van der Waals surface area contributed by atoms with Crippen LogP contribution < -0.4 is 11.4 Å². The van der Waals surface area contributed by atoms with Gasteiger partial charge in [0.05, 0.1) is 0 Å². The smallest absolute Gasteiger partial charge is 0.330 e. The fourth-order valence-corrected chi connectivity index (χ4v) is 2.01. The monoisotopic (exact) mass is 210 g/mol. The van der Waals surface area contributed by atoms with Crippen molar-refractivity contribution in [3.05, 3.63) is 16.3 Å². The first-order valence-corrected chi connectivity index (χ1v) is 5.69. The van der Waals surface area contributed by atoms with Gasteiger partial charge in [0.1, 0.15) is 5.82 Å². The first kappa shape index (κ1) is 10.4. The Hall–Kier alpha value is -1.10. The predicted molar refractivity (Wildman–Crippen MR) is 57.7 cm³/mol. The number of aromatic nitrogens is 3. The third kappa shape index (κ3) is 2.12. The molecule has 0 saturated heterocycles. The molecule has 0 bridgehead atoms. The van der Waals surface area contributed by atoms with Crippen molar-refractivity contribution >= 4 is 0 Å². The molecule has 0 fully saturated rings. The van der Waals surface area contributed by atoms with E-state index in [0.29, 0.717) is 13.1 Å². The SMILES string of the molecule is NCCCn1nc2n(c1=O)CCCCC2. The maximum absolute atomic E-state index is 11.9. The molecule has 0 saturated carbocycles. The average Bonchev–Trinajstić information content (AvgIpc) is 2.44. The summed E-state index contributed by atoms with van der Waals surface area (Å²) < 4.78 is 3.39. The molecule has 15 heavy (non-hydrogen) atoms. The number of aryl methyl sites for hydroxylation is 2. The lowest BCUT2D eigenvalue weighted by Crippen LogP contribution is -2.26. The summed E-state index contributed by atoms with van der Waals surface area (Å²) in [5.41, 5.74) is 5.47. The van der Waals surface area contributed by atoms with Gasteiger partial charge in [-0.15, -0.1) is 0 Å². The third-order valence-corrected chi connectivity index (χ3v) is 2.86. The topological polar surface area (TPSA) is 65.8 Å². The highest BCUT2D eigenvalue weighted by Gasteiger charge is 2.14. The van der Waals surface area contributed by atoms with Crippen LogP contribution in [-0.2, 0) is 19.5 Å². The lowest BCUT2D eigenvalue weighted by molar-refractivity contribution is 0.538. The van der Waals surface area contributed by atoms with Crippen LogP contribution in [0.15, 0.2) is 4.79 Å². The van der Waals surface area contributed by atoms with Gasteiger partial charge in [-0.05, 0) is 25.8 Å². The molecular formula is C10H18N4O. The zero-order valence-electron chi connectivity index (χ0n) is 8.98. The van der Waals surface area contributed by atoms with Gasteiger partial charge in [0.15, 0.2) is 0 Å². The lowest BCUT2D eigenvalue weighted by Gasteiger charge is -1.98. The Morgan fingerprint density at radius 2 is 2.20 bits per heavy atom. The van der Waals surface area contributed by atoms with Crippen LogP contribution in [0.1, 0.15) is 31.5 Å². The van der Waals surface area contributed by atoms with E-state index in [1.807, 2.05) is 4.57 Å². The van der Waals surface area contributed by atoms with E-state index in [9.17, 15) is 4.79 Å². The number of rotatable bonds is 3. The Labute approximate surface area is 88.9 Å². The minimum absolute atomic E-state index is 0.0420. The van der Waals surface area contributed by atoms with Gasteiger partial charge in [-0.2, -0.15) is 5.10 Å². The molecule has 1 aromatic heterocycles. The van der Waals surface area contributed by atoms with Crippen LogP contribution in [0, 0.1) is 0 Å². The standard InChI is InChI=1S/C10H18N4O/c11-6-4-8-14-10(15)13-7-3-1-2-5-9(13)12-14/h1-8,11H2. The molecule has 0 amide bonds. The molecule has 0 aliphatic carbocycles. The molecular weight excluding hydrogens is 192 g/mol. The molecule has 2 heterocycles. The van der Waals surface area contributed by atoms with Crippen LogP contribution in [0.5, 0.6) is 0 Å². The molecule has 1 aromatic rings. The molecule has 5 nitrogen and oxygen atoms in total. The highest BCUT2D eigenvalue weighted by molar-refractivity contribution is 4.90. The number of hydrogen-bond donors (Lipinski definition) is 1. The third-order valence-electron chi connectivity index (χ3n) is 2.86. The zero-order valence-corrected chi connectivity index (χ0v) is 8.98. The quantitative estimate of drug-likeness (QED) is 0.770. The number of fused-ring (bicyclic) bond motifs is 1. The summed E-state index contributed by atoms with van der Waals surface area (Å²) in [6, 6.07) is 0. The maximum atomic E-state index is 11.9. The highest BCUT2D eigenvalue weighted by Crippen LogP contribution is 2.10. The molecule has 0 spiro atoms. The number of hydrogen-bond acceptors (Lipinski definition) is 3. The molecule has 0 radical (unpaired) electrons. The second kappa shape index (κ2) is 4.61. The summed E-state index contributed by atoms with van der Waals surface area (Å²) in [5, 5.41) is 4.36. The molecule has 1 aliphatic rings. The first-order valence-electron chi connectivity index (χ1n) is 5.69. The normalized spacial score (nSPS) is 16.1. The fraction of sp³-hybridized carbons (Fsp3) is 0.800. The molecule has 5 heteroatoms. The second-order valence-electron chi connectivity index (χ2n) is 4.03. The van der Waals surface area contributed by atoms with Gasteiger partial charge in [0.2, 0.25) is 0 Å². The summed E-state index contributed by atoms with van der Waals surface area (Å²) in [7, 11) is 0. The van der Waals surface area contributed by atoms with Crippen molar-refractivity contribution in [1.29, 1.82) is 0 Å². The van der Waals surface area contributed by atoms with Gasteiger partial charge in [-0.1, -0.05) is 6.42 Å². The summed E-state index contributed by atoms with van der Waals surface area (Å²) in [6.45, 7) is 2.08. The fourth-order valence-electron chi connectivity index (χ4n) is 2.01. The Bertz CT molecular complexity index is 379. The zero-order chi connectivity index (χ0) is 10.7. The van der Waals surface area contributed by atoms with Gasteiger partial charge in [0.25, 0.3) is 0 Å². The molecule has 84 valence electrons. The van der Waals surface area contributed by atoms with Crippen LogP contribution in [0.2, 0.25) is 0 Å². The summed E-state index contributed by atoms with van der Waals surface area (Å²) in [5.74, 6) is 0.953. The van der Waals surface area contributed by atoms with E-state index in [0.717, 1.165) is 38.1 Å². The molecule has 0 unspecified atom stereocenters. The summed E-state index contributed by atoms with van der Waals surface area (Å²) >= 11 is 0. The number of nitrogens with two attached hydrogens (primary N) is 1. The van der Waals surface area contributed by atoms with Crippen molar-refractivity contribution in [2.75, 3.05) is 6.54 Å². The molecule has 0 atom stereocenters. The average molecular weight is 210 g/mol. The largest absolute Gasteiger partial charge is 0.345 e. The minimum atomic E-state index is 0.0420. The summed E-state index contributed by atoms with van der Waals surface area (Å²) in [6.07, 6.45) is 5.19. The van der Waals surface area contributed by atoms with Crippen molar-refractivity contribution in [3.8, 4) is 0 Å². The van der Waals surface area contributed by atoms with E-state index in [1.54, 1.807) is 4.68 Å². The van der Waals surface area contributed by atoms with Crippen molar-refractivity contribution in [2.45, 2.75) is 45.2 Å². The highest BCUT2D eigenvalue weighted by atomic mass is 16.2. The van der Waals surface area contributed by atoms with E-state index >= 15 is 0 Å². The van der Waals surface area contributed by atoms with Gasteiger partial charge >= 0.3 is 5.69 Å². The maximum Gasteiger partial charge on any atom is 0.345 e. The van der Waals surface area contributed by atoms with Crippen molar-refractivity contribution < 1.29 is 0 Å². The van der Waals surface area contributed by atoms with E-state index < -0.39 is 0 Å². The molecule has 2 rings (SSSR count). The minimum Gasteiger partial charge on any atom is -0.330 e. The van der Waals surface area contributed by atoms with E-state index in [1.165, 1.54) is 6.42 Å². The van der Waals surface area contributed by atoms with E-state index in [4.69, 9.17) is 5.73 Å². The molecule has 0 aromatic carbocycles.